The molecule has 0 fully saturated rings. The molecule has 84 valence electrons. The number of aromatic amines is 1. The highest BCUT2D eigenvalue weighted by molar-refractivity contribution is 5.78. The van der Waals surface area contributed by atoms with Gasteiger partial charge < -0.3 is 10.7 Å². The van der Waals surface area contributed by atoms with Gasteiger partial charge in [0.25, 0.3) is 0 Å². The van der Waals surface area contributed by atoms with E-state index in [1.807, 2.05) is 19.1 Å². The molecule has 0 radical (unpaired) electrons. The smallest absolute Gasteiger partial charge is 0.178 e. The van der Waals surface area contributed by atoms with Gasteiger partial charge in [0, 0.05) is 6.20 Å². The molecule has 0 bridgehead atoms. The first-order valence-corrected chi connectivity index (χ1v) is 5.27. The monoisotopic (exact) mass is 225 g/mol. The fraction of sp³-hybridized carbons (Fsp3) is 0.0833. The van der Waals surface area contributed by atoms with Crippen LogP contribution in [0, 0.1) is 6.92 Å². The predicted octanol–water partition coefficient (Wildman–Crippen LogP) is 1.91. The Morgan fingerprint density at radius 2 is 2.06 bits per heavy atom. The zero-order chi connectivity index (χ0) is 11.8. The summed E-state index contributed by atoms with van der Waals surface area (Å²) in [5.41, 5.74) is 9.76. The van der Waals surface area contributed by atoms with Crippen LogP contribution in [-0.4, -0.2) is 19.9 Å². The second-order valence-corrected chi connectivity index (χ2v) is 3.89. The van der Waals surface area contributed by atoms with E-state index < -0.39 is 0 Å². The maximum absolute atomic E-state index is 5.60. The average molecular weight is 225 g/mol. The molecule has 17 heavy (non-hydrogen) atoms. The van der Waals surface area contributed by atoms with E-state index in [2.05, 4.69) is 19.9 Å². The van der Waals surface area contributed by atoms with E-state index in [1.54, 1.807) is 18.5 Å². The number of nitrogens with one attached hydrogen (secondary N) is 1. The van der Waals surface area contributed by atoms with Gasteiger partial charge in [-0.2, -0.15) is 0 Å². The van der Waals surface area contributed by atoms with Gasteiger partial charge in [0.15, 0.2) is 11.5 Å². The summed E-state index contributed by atoms with van der Waals surface area (Å²) in [7, 11) is 0. The molecule has 3 aromatic heterocycles. The van der Waals surface area contributed by atoms with Crippen LogP contribution in [0.1, 0.15) is 5.56 Å². The van der Waals surface area contributed by atoms with Crippen molar-refractivity contribution >= 4 is 16.9 Å². The first-order chi connectivity index (χ1) is 8.24. The SMILES string of the molecule is Cc1ccnc2nc(-c3ccc(N)cn3)[nH]c12. The van der Waals surface area contributed by atoms with Crippen molar-refractivity contribution in [1.82, 2.24) is 19.9 Å². The molecule has 0 saturated carbocycles. The molecule has 0 aliphatic heterocycles. The lowest BCUT2D eigenvalue weighted by atomic mass is 10.3. The van der Waals surface area contributed by atoms with Crippen molar-refractivity contribution in [2.45, 2.75) is 6.92 Å². The fourth-order valence-corrected chi connectivity index (χ4v) is 1.70. The Labute approximate surface area is 97.7 Å². The Hall–Kier alpha value is -2.43. The van der Waals surface area contributed by atoms with E-state index in [1.165, 1.54) is 0 Å². The minimum atomic E-state index is 0.638. The lowest BCUT2D eigenvalue weighted by Gasteiger charge is -1.95. The molecular weight excluding hydrogens is 214 g/mol. The van der Waals surface area contributed by atoms with Crippen LogP contribution in [0.5, 0.6) is 0 Å². The largest absolute Gasteiger partial charge is 0.397 e. The van der Waals surface area contributed by atoms with E-state index in [4.69, 9.17) is 5.73 Å². The van der Waals surface area contributed by atoms with Gasteiger partial charge in [0.2, 0.25) is 0 Å². The van der Waals surface area contributed by atoms with Crippen LogP contribution in [0.15, 0.2) is 30.6 Å². The van der Waals surface area contributed by atoms with Crippen LogP contribution in [0.3, 0.4) is 0 Å². The summed E-state index contributed by atoms with van der Waals surface area (Å²) in [5.74, 6) is 0.710. The quantitative estimate of drug-likeness (QED) is 0.663. The first kappa shape index (κ1) is 9.77. The van der Waals surface area contributed by atoms with Crippen LogP contribution < -0.4 is 5.73 Å². The molecule has 3 N–H and O–H groups in total. The molecule has 0 aliphatic rings. The summed E-state index contributed by atoms with van der Waals surface area (Å²) in [6.07, 6.45) is 3.36. The Morgan fingerprint density at radius 1 is 1.18 bits per heavy atom. The normalized spacial score (nSPS) is 10.9. The zero-order valence-electron chi connectivity index (χ0n) is 9.31. The molecule has 3 aromatic rings. The van der Waals surface area contributed by atoms with Gasteiger partial charge in [-0.15, -0.1) is 0 Å². The highest BCUT2D eigenvalue weighted by Gasteiger charge is 2.08. The number of nitrogens with two attached hydrogens (primary N) is 1. The number of aryl methyl sites for hydroxylation is 1. The molecule has 3 heterocycles. The molecule has 0 atom stereocenters. The molecule has 0 amide bonds. The van der Waals surface area contributed by atoms with E-state index in [-0.39, 0.29) is 0 Å². The Kier molecular flexibility index (Phi) is 2.04. The van der Waals surface area contributed by atoms with Crippen LogP contribution in [-0.2, 0) is 0 Å². The Balaban J connectivity index is 2.18. The molecule has 0 saturated heterocycles. The van der Waals surface area contributed by atoms with Crippen molar-refractivity contribution in [3.63, 3.8) is 0 Å². The fourth-order valence-electron chi connectivity index (χ4n) is 1.70. The number of hydrogen-bond acceptors (Lipinski definition) is 4. The third-order valence-corrected chi connectivity index (χ3v) is 2.63. The number of aromatic nitrogens is 4. The van der Waals surface area contributed by atoms with E-state index in [0.29, 0.717) is 17.2 Å². The number of nitrogens with zero attached hydrogens (tertiary/aromatic N) is 3. The number of anilines is 1. The molecule has 0 aliphatic carbocycles. The van der Waals surface area contributed by atoms with Crippen molar-refractivity contribution in [3.05, 3.63) is 36.2 Å². The second-order valence-electron chi connectivity index (χ2n) is 3.89. The molecule has 0 aromatic carbocycles. The van der Waals surface area contributed by atoms with Crippen molar-refractivity contribution in [3.8, 4) is 11.5 Å². The van der Waals surface area contributed by atoms with Gasteiger partial charge in [-0.1, -0.05) is 0 Å². The first-order valence-electron chi connectivity index (χ1n) is 5.27. The third-order valence-electron chi connectivity index (χ3n) is 2.63. The highest BCUT2D eigenvalue weighted by atomic mass is 15.0. The number of nitrogen functional groups attached to an aromatic ring is 1. The van der Waals surface area contributed by atoms with Crippen LogP contribution in [0.25, 0.3) is 22.7 Å². The number of rotatable bonds is 1. The summed E-state index contributed by atoms with van der Waals surface area (Å²) < 4.78 is 0. The van der Waals surface area contributed by atoms with Gasteiger partial charge in [-0.3, -0.25) is 4.98 Å². The minimum absolute atomic E-state index is 0.638. The number of fused-ring (bicyclic) bond motifs is 1. The third kappa shape index (κ3) is 1.61. The molecule has 0 unspecified atom stereocenters. The van der Waals surface area contributed by atoms with Crippen molar-refractivity contribution in [2.75, 3.05) is 5.73 Å². The Morgan fingerprint density at radius 3 is 2.76 bits per heavy atom. The lowest BCUT2D eigenvalue weighted by Crippen LogP contribution is -1.89. The zero-order valence-corrected chi connectivity index (χ0v) is 9.31. The van der Waals surface area contributed by atoms with E-state index in [0.717, 1.165) is 16.8 Å². The molecule has 5 heteroatoms. The average Bonchev–Trinajstić information content (AvgIpc) is 2.75. The molecular formula is C12H11N5. The minimum Gasteiger partial charge on any atom is -0.397 e. The number of hydrogen-bond donors (Lipinski definition) is 2. The molecule has 5 nitrogen and oxygen atoms in total. The lowest BCUT2D eigenvalue weighted by molar-refractivity contribution is 1.23. The van der Waals surface area contributed by atoms with Gasteiger partial charge in [-0.05, 0) is 30.7 Å². The Bertz CT molecular complexity index is 669. The maximum Gasteiger partial charge on any atom is 0.178 e. The van der Waals surface area contributed by atoms with Gasteiger partial charge >= 0.3 is 0 Å². The van der Waals surface area contributed by atoms with Crippen LogP contribution in [0.2, 0.25) is 0 Å². The summed E-state index contributed by atoms with van der Waals surface area (Å²) >= 11 is 0. The van der Waals surface area contributed by atoms with Crippen molar-refractivity contribution in [2.24, 2.45) is 0 Å². The predicted molar refractivity (Wildman–Crippen MR) is 66.3 cm³/mol. The maximum atomic E-state index is 5.60. The highest BCUT2D eigenvalue weighted by Crippen LogP contribution is 2.19. The number of H-pyrrole nitrogens is 1. The summed E-state index contributed by atoms with van der Waals surface area (Å²) in [5, 5.41) is 0. The van der Waals surface area contributed by atoms with Gasteiger partial charge in [0.05, 0.1) is 17.4 Å². The number of imidazole rings is 1. The topological polar surface area (TPSA) is 80.5 Å². The molecule has 3 rings (SSSR count). The van der Waals surface area contributed by atoms with Gasteiger partial charge in [0.1, 0.15) is 5.69 Å². The second kappa shape index (κ2) is 3.55. The summed E-state index contributed by atoms with van der Waals surface area (Å²) in [4.78, 5) is 16.1. The summed E-state index contributed by atoms with van der Waals surface area (Å²) in [6.45, 7) is 2.02. The van der Waals surface area contributed by atoms with E-state index >= 15 is 0 Å². The van der Waals surface area contributed by atoms with Crippen molar-refractivity contribution in [1.29, 1.82) is 0 Å². The van der Waals surface area contributed by atoms with E-state index in [9.17, 15) is 0 Å². The van der Waals surface area contributed by atoms with Crippen LogP contribution in [0.4, 0.5) is 5.69 Å². The molecule has 0 spiro atoms. The standard InChI is InChI=1S/C12H11N5/c1-7-4-5-14-12-10(7)16-11(17-12)9-3-2-8(13)6-15-9/h2-6H,13H2,1H3,(H,14,16,17). The van der Waals surface area contributed by atoms with Crippen molar-refractivity contribution < 1.29 is 0 Å². The van der Waals surface area contributed by atoms with Crippen LogP contribution >= 0.6 is 0 Å². The number of pyridine rings is 2. The van der Waals surface area contributed by atoms with Gasteiger partial charge in [-0.25, -0.2) is 9.97 Å². The summed E-state index contributed by atoms with van der Waals surface area (Å²) in [6, 6.07) is 5.58.